The number of phenols is 1. The number of hydrogen-bond acceptors (Lipinski definition) is 3. The Labute approximate surface area is 272 Å². The first-order valence-electron chi connectivity index (χ1n) is 14.6. The molecule has 44 heavy (non-hydrogen) atoms. The van der Waals surface area contributed by atoms with Crippen LogP contribution in [0.1, 0.15) is 36.5 Å². The minimum Gasteiger partial charge on any atom is -0.507 e. The van der Waals surface area contributed by atoms with Crippen LogP contribution in [0.3, 0.4) is 0 Å². The van der Waals surface area contributed by atoms with E-state index in [9.17, 15) is 5.11 Å². The fraction of sp³-hybridized carbons (Fsp3) is 0.128. The van der Waals surface area contributed by atoms with Crippen molar-refractivity contribution in [3.8, 4) is 34.1 Å². The first kappa shape index (κ1) is 30.9. The summed E-state index contributed by atoms with van der Waals surface area (Å²) >= 11 is 0. The van der Waals surface area contributed by atoms with Gasteiger partial charge in [0.25, 0.3) is 0 Å². The molecule has 7 aromatic rings. The molecule has 4 nitrogen and oxygen atoms in total. The van der Waals surface area contributed by atoms with Crippen molar-refractivity contribution >= 4 is 21.8 Å². The molecule has 0 fully saturated rings. The van der Waals surface area contributed by atoms with Crippen LogP contribution in [0.4, 0.5) is 0 Å². The van der Waals surface area contributed by atoms with E-state index in [0.717, 1.165) is 44.9 Å². The van der Waals surface area contributed by atoms with Gasteiger partial charge in [0.05, 0.1) is 16.6 Å². The van der Waals surface area contributed by atoms with Crippen LogP contribution in [-0.2, 0) is 20.1 Å². The number of hydrogen-bond donors (Lipinski definition) is 1. The van der Waals surface area contributed by atoms with E-state index in [1.54, 1.807) is 6.07 Å². The van der Waals surface area contributed by atoms with Gasteiger partial charge in [-0.15, -0.1) is 34.9 Å². The van der Waals surface area contributed by atoms with Crippen molar-refractivity contribution in [2.75, 3.05) is 0 Å². The molecule has 1 N–H and O–H groups in total. The predicted octanol–water partition coefficient (Wildman–Crippen LogP) is 9.84. The number of imidazole rings is 1. The fourth-order valence-electron chi connectivity index (χ4n) is 5.68. The average molecular weight is 753 g/mol. The molecule has 0 aliphatic heterocycles. The fourth-order valence-corrected chi connectivity index (χ4v) is 5.68. The van der Waals surface area contributed by atoms with Gasteiger partial charge in [0.2, 0.25) is 0 Å². The average Bonchev–Trinajstić information content (AvgIpc) is 3.40. The molecule has 5 heteroatoms. The molecular weight excluding hydrogens is 719 g/mol. The van der Waals surface area contributed by atoms with Crippen LogP contribution < -0.4 is 0 Å². The van der Waals surface area contributed by atoms with Gasteiger partial charge in [0.15, 0.2) is 0 Å². The molecule has 0 atom stereocenters. The maximum Gasteiger partial charge on any atom is 0.149 e. The molecule has 5 aromatic carbocycles. The first-order valence-corrected chi connectivity index (χ1v) is 14.6. The summed E-state index contributed by atoms with van der Waals surface area (Å²) in [5.41, 5.74) is 9.57. The molecule has 0 spiro atoms. The number of para-hydroxylation sites is 4. The molecule has 1 radical (unpaired) electrons. The van der Waals surface area contributed by atoms with E-state index < -0.39 is 0 Å². The molecule has 2 aromatic heterocycles. The van der Waals surface area contributed by atoms with Gasteiger partial charge < -0.3 is 10.1 Å². The van der Waals surface area contributed by atoms with Crippen molar-refractivity contribution < 1.29 is 25.2 Å². The van der Waals surface area contributed by atoms with Crippen LogP contribution in [0.2, 0.25) is 0 Å². The number of benzene rings is 5. The third kappa shape index (κ3) is 6.21. The summed E-state index contributed by atoms with van der Waals surface area (Å²) in [6, 6.07) is 41.7. The van der Waals surface area contributed by atoms with Crippen molar-refractivity contribution in [1.82, 2.24) is 14.5 Å². The van der Waals surface area contributed by atoms with Gasteiger partial charge in [-0.2, -0.15) is 0 Å². The van der Waals surface area contributed by atoms with E-state index in [1.165, 1.54) is 21.9 Å². The Morgan fingerprint density at radius 1 is 0.750 bits per heavy atom. The Bertz CT molecular complexity index is 2030. The normalized spacial score (nSPS) is 10.8. The maximum absolute atomic E-state index is 10.2. The number of rotatable bonds is 4. The summed E-state index contributed by atoms with van der Waals surface area (Å²) < 4.78 is 2.07. The van der Waals surface area contributed by atoms with Crippen molar-refractivity contribution in [2.24, 2.45) is 0 Å². The van der Waals surface area contributed by atoms with Crippen molar-refractivity contribution in [3.63, 3.8) is 0 Å². The largest absolute Gasteiger partial charge is 0.507 e. The van der Waals surface area contributed by atoms with E-state index in [4.69, 9.17) is 4.98 Å². The summed E-state index contributed by atoms with van der Waals surface area (Å²) in [4.78, 5) is 9.35. The second kappa shape index (κ2) is 13.4. The van der Waals surface area contributed by atoms with E-state index in [1.807, 2.05) is 79.0 Å². The topological polar surface area (TPSA) is 50.9 Å². The molecule has 7 rings (SSSR count). The van der Waals surface area contributed by atoms with Crippen LogP contribution >= 0.6 is 0 Å². The van der Waals surface area contributed by atoms with E-state index >= 15 is 0 Å². The molecule has 0 aliphatic carbocycles. The molecule has 0 aliphatic rings. The van der Waals surface area contributed by atoms with Gasteiger partial charge in [-0.3, -0.25) is 4.57 Å². The van der Waals surface area contributed by atoms with E-state index in [2.05, 4.69) is 79.7 Å². The smallest absolute Gasteiger partial charge is 0.149 e. The monoisotopic (exact) mass is 753 g/mol. The third-order valence-electron chi connectivity index (χ3n) is 7.59. The number of pyridine rings is 1. The zero-order valence-corrected chi connectivity index (χ0v) is 27.6. The number of aromatic hydroxyl groups is 1. The molecule has 221 valence electrons. The van der Waals surface area contributed by atoms with Crippen molar-refractivity contribution in [3.05, 3.63) is 144 Å². The van der Waals surface area contributed by atoms with Gasteiger partial charge in [0.1, 0.15) is 11.6 Å². The van der Waals surface area contributed by atoms with Crippen LogP contribution in [0.15, 0.2) is 121 Å². The molecule has 2 heterocycles. The summed E-state index contributed by atoms with van der Waals surface area (Å²) in [5.74, 6) is 1.48. The molecule has 0 amide bonds. The Hall–Kier alpha value is -4.57. The number of aromatic nitrogens is 3. The molecule has 0 saturated heterocycles. The Morgan fingerprint density at radius 2 is 1.48 bits per heavy atom. The maximum atomic E-state index is 10.2. The Kier molecular flexibility index (Phi) is 9.39. The van der Waals surface area contributed by atoms with Gasteiger partial charge in [-0.05, 0) is 70.4 Å². The van der Waals surface area contributed by atoms with Gasteiger partial charge in [0, 0.05) is 32.0 Å². The van der Waals surface area contributed by atoms with Crippen molar-refractivity contribution in [1.29, 1.82) is 0 Å². The second-order valence-electron chi connectivity index (χ2n) is 11.1. The van der Waals surface area contributed by atoms with Crippen LogP contribution in [-0.4, -0.2) is 19.6 Å². The molecular formula is C39H34IrN3O-. The van der Waals surface area contributed by atoms with Crippen LogP contribution in [0.5, 0.6) is 5.75 Å². The standard InChI is InChI=1S/C20H20N.C19H14N2O.Ir/c1-13(2)17-6-5-7-19-18(17)8-9-21-20(19)16-11-14(3)10-15(4)12-16;22-18-13-7-4-10-15(18)19-20-16-11-5-6-12-17(16)21(19)14-8-2-1-3-9-14;/h5-11,13H,1-4H3;1-13,22H;/q-1;;. The van der Waals surface area contributed by atoms with E-state index in [-0.39, 0.29) is 25.9 Å². The Morgan fingerprint density at radius 3 is 2.23 bits per heavy atom. The quantitative estimate of drug-likeness (QED) is 0.182. The van der Waals surface area contributed by atoms with Crippen LogP contribution in [0.25, 0.3) is 50.1 Å². The number of fused-ring (bicyclic) bond motifs is 2. The second-order valence-corrected chi connectivity index (χ2v) is 11.1. The summed E-state index contributed by atoms with van der Waals surface area (Å²) in [7, 11) is 0. The molecule has 0 saturated carbocycles. The van der Waals surface area contributed by atoms with E-state index in [0.29, 0.717) is 5.92 Å². The number of phenolic OH excluding ortho intramolecular Hbond substituents is 1. The summed E-state index contributed by atoms with van der Waals surface area (Å²) in [6.45, 7) is 8.67. The van der Waals surface area contributed by atoms with Gasteiger partial charge in [-0.25, -0.2) is 4.98 Å². The van der Waals surface area contributed by atoms with Crippen molar-refractivity contribution in [2.45, 2.75) is 33.6 Å². The minimum absolute atomic E-state index is 0. The summed E-state index contributed by atoms with van der Waals surface area (Å²) in [5, 5.41) is 12.7. The minimum atomic E-state index is 0. The zero-order chi connectivity index (χ0) is 29.9. The summed E-state index contributed by atoms with van der Waals surface area (Å²) in [6.07, 6.45) is 1.91. The first-order chi connectivity index (χ1) is 20.9. The number of aryl methyl sites for hydroxylation is 2. The van der Waals surface area contributed by atoms with Gasteiger partial charge >= 0.3 is 0 Å². The SMILES string of the molecule is Cc1[c-]c(-c2nccc3c(C(C)C)cccc23)cc(C)c1.Oc1ccccc1-c1nc2ccccc2n1-c1ccccc1.[Ir]. The Balaban J connectivity index is 0.000000171. The van der Waals surface area contributed by atoms with Crippen LogP contribution in [0, 0.1) is 19.9 Å². The third-order valence-corrected chi connectivity index (χ3v) is 7.59. The zero-order valence-electron chi connectivity index (χ0n) is 25.2. The number of nitrogens with zero attached hydrogens (tertiary/aromatic N) is 3. The molecule has 0 bridgehead atoms. The predicted molar refractivity (Wildman–Crippen MR) is 178 cm³/mol. The molecule has 0 unspecified atom stereocenters. The van der Waals surface area contributed by atoms with Gasteiger partial charge in [-0.1, -0.05) is 88.4 Å².